The Hall–Kier alpha value is -1.61. The average molecular weight is 285 g/mol. The van der Waals surface area contributed by atoms with E-state index >= 15 is 0 Å². The van der Waals surface area contributed by atoms with Crippen LogP contribution in [0.2, 0.25) is 0 Å². The summed E-state index contributed by atoms with van der Waals surface area (Å²) in [4.78, 5) is 4.54. The van der Waals surface area contributed by atoms with Crippen LogP contribution in [0.15, 0.2) is 30.6 Å². The third-order valence-electron chi connectivity index (χ3n) is 4.19. The predicted molar refractivity (Wildman–Crippen MR) is 88.6 cm³/mol. The summed E-state index contributed by atoms with van der Waals surface area (Å²) in [5.74, 6) is 1.16. The van der Waals surface area contributed by atoms with E-state index in [0.717, 1.165) is 31.8 Å². The van der Waals surface area contributed by atoms with E-state index in [4.69, 9.17) is 0 Å². The van der Waals surface area contributed by atoms with Crippen molar-refractivity contribution in [1.29, 1.82) is 0 Å². The number of hydrogen-bond donors (Lipinski definition) is 1. The Labute approximate surface area is 128 Å². The van der Waals surface area contributed by atoms with E-state index in [9.17, 15) is 0 Å². The molecule has 0 saturated heterocycles. The molecule has 1 aromatic carbocycles. The van der Waals surface area contributed by atoms with E-state index in [2.05, 4.69) is 67.0 Å². The zero-order valence-corrected chi connectivity index (χ0v) is 13.7. The molecule has 0 aliphatic heterocycles. The van der Waals surface area contributed by atoms with Crippen molar-refractivity contribution in [3.8, 4) is 0 Å². The summed E-state index contributed by atoms with van der Waals surface area (Å²) in [6, 6.07) is 6.92. The van der Waals surface area contributed by atoms with Gasteiger partial charge in [-0.2, -0.15) is 0 Å². The van der Waals surface area contributed by atoms with Crippen molar-refractivity contribution in [3.63, 3.8) is 0 Å². The lowest BCUT2D eigenvalue weighted by Gasteiger charge is -2.22. The zero-order valence-electron chi connectivity index (χ0n) is 13.7. The molecule has 0 bridgehead atoms. The number of benzene rings is 1. The molecule has 2 rings (SSSR count). The topological polar surface area (TPSA) is 29.9 Å². The summed E-state index contributed by atoms with van der Waals surface area (Å²) < 4.78 is 2.23. The fourth-order valence-corrected chi connectivity index (χ4v) is 2.76. The van der Waals surface area contributed by atoms with Gasteiger partial charge in [0.1, 0.15) is 5.82 Å². The largest absolute Gasteiger partial charge is 0.335 e. The van der Waals surface area contributed by atoms with Gasteiger partial charge in [-0.1, -0.05) is 25.1 Å². The number of aryl methyl sites for hydroxylation is 2. The van der Waals surface area contributed by atoms with Crippen molar-refractivity contribution >= 4 is 0 Å². The minimum absolute atomic E-state index is 0.331. The molecule has 0 radical (unpaired) electrons. The molecule has 3 nitrogen and oxygen atoms in total. The standard InChI is InChI=1S/C18H27N3/c1-5-10-19-17(13-18-20-11-12-21(18)6-2)16-9-7-8-14(3)15(16)4/h7-9,11-12,17,19H,5-6,10,13H2,1-4H3. The number of nitrogens with one attached hydrogen (secondary N) is 1. The molecular formula is C18H27N3. The smallest absolute Gasteiger partial charge is 0.110 e. The van der Waals surface area contributed by atoms with Crippen molar-refractivity contribution in [3.05, 3.63) is 53.1 Å². The van der Waals surface area contributed by atoms with E-state index in [-0.39, 0.29) is 0 Å². The zero-order chi connectivity index (χ0) is 15.2. The van der Waals surface area contributed by atoms with Crippen LogP contribution in [-0.2, 0) is 13.0 Å². The van der Waals surface area contributed by atoms with Gasteiger partial charge >= 0.3 is 0 Å². The van der Waals surface area contributed by atoms with Gasteiger partial charge in [-0.05, 0) is 50.4 Å². The van der Waals surface area contributed by atoms with Crippen molar-refractivity contribution in [1.82, 2.24) is 14.9 Å². The van der Waals surface area contributed by atoms with E-state index in [1.54, 1.807) is 0 Å². The first kappa shape index (κ1) is 15.8. The highest BCUT2D eigenvalue weighted by Crippen LogP contribution is 2.23. The van der Waals surface area contributed by atoms with Crippen molar-refractivity contribution in [2.45, 2.75) is 53.1 Å². The molecule has 21 heavy (non-hydrogen) atoms. The molecule has 3 heteroatoms. The molecule has 1 aromatic heterocycles. The summed E-state index contributed by atoms with van der Waals surface area (Å²) in [6.45, 7) is 10.8. The molecule has 1 N–H and O–H groups in total. The number of imidazole rings is 1. The molecule has 1 atom stereocenters. The third-order valence-corrected chi connectivity index (χ3v) is 4.19. The van der Waals surface area contributed by atoms with Crippen molar-refractivity contribution in [2.24, 2.45) is 0 Å². The first-order chi connectivity index (χ1) is 10.2. The lowest BCUT2D eigenvalue weighted by molar-refractivity contribution is 0.504. The maximum Gasteiger partial charge on any atom is 0.110 e. The highest BCUT2D eigenvalue weighted by molar-refractivity contribution is 5.35. The van der Waals surface area contributed by atoms with Gasteiger partial charge in [0.15, 0.2) is 0 Å². The molecule has 114 valence electrons. The van der Waals surface area contributed by atoms with Gasteiger partial charge in [0, 0.05) is 31.4 Å². The summed E-state index contributed by atoms with van der Waals surface area (Å²) in [5.41, 5.74) is 4.14. The fourth-order valence-electron chi connectivity index (χ4n) is 2.76. The number of rotatable bonds is 7. The SMILES string of the molecule is CCCNC(Cc1nccn1CC)c1cccc(C)c1C. The van der Waals surface area contributed by atoms with Gasteiger partial charge in [-0.15, -0.1) is 0 Å². The van der Waals surface area contributed by atoms with E-state index in [1.807, 2.05) is 6.20 Å². The fraction of sp³-hybridized carbons (Fsp3) is 0.500. The van der Waals surface area contributed by atoms with Crippen LogP contribution >= 0.6 is 0 Å². The minimum atomic E-state index is 0.331. The molecular weight excluding hydrogens is 258 g/mol. The van der Waals surface area contributed by atoms with Crippen LogP contribution < -0.4 is 5.32 Å². The maximum atomic E-state index is 4.54. The molecule has 0 aliphatic carbocycles. The molecule has 1 heterocycles. The minimum Gasteiger partial charge on any atom is -0.335 e. The Morgan fingerprint density at radius 1 is 1.24 bits per heavy atom. The monoisotopic (exact) mass is 285 g/mol. The van der Waals surface area contributed by atoms with Gasteiger partial charge in [-0.25, -0.2) is 4.98 Å². The molecule has 0 saturated carbocycles. The lowest BCUT2D eigenvalue weighted by Crippen LogP contribution is -2.26. The van der Waals surface area contributed by atoms with E-state index in [1.165, 1.54) is 16.7 Å². The summed E-state index contributed by atoms with van der Waals surface area (Å²) in [7, 11) is 0. The number of aromatic nitrogens is 2. The van der Waals surface area contributed by atoms with Crippen LogP contribution in [0.4, 0.5) is 0 Å². The quantitative estimate of drug-likeness (QED) is 0.838. The second-order valence-electron chi connectivity index (χ2n) is 5.63. The Balaban J connectivity index is 2.28. The van der Waals surface area contributed by atoms with Gasteiger partial charge < -0.3 is 9.88 Å². The highest BCUT2D eigenvalue weighted by atomic mass is 15.1. The molecule has 0 spiro atoms. The molecule has 2 aromatic rings. The summed E-state index contributed by atoms with van der Waals surface area (Å²) in [6.07, 6.45) is 6.04. The second-order valence-corrected chi connectivity index (χ2v) is 5.63. The number of hydrogen-bond acceptors (Lipinski definition) is 2. The van der Waals surface area contributed by atoms with Gasteiger partial charge in [0.05, 0.1) is 0 Å². The average Bonchev–Trinajstić information content (AvgIpc) is 2.93. The molecule has 0 amide bonds. The molecule has 1 unspecified atom stereocenters. The van der Waals surface area contributed by atoms with Crippen LogP contribution in [0, 0.1) is 13.8 Å². The first-order valence-corrected chi connectivity index (χ1v) is 7.96. The Kier molecular flexibility index (Phi) is 5.57. The summed E-state index contributed by atoms with van der Waals surface area (Å²) >= 11 is 0. The normalized spacial score (nSPS) is 12.6. The Morgan fingerprint density at radius 3 is 2.76 bits per heavy atom. The Bertz CT molecular complexity index is 572. The molecule has 0 aliphatic rings. The van der Waals surface area contributed by atoms with Gasteiger partial charge in [0.2, 0.25) is 0 Å². The van der Waals surface area contributed by atoms with Gasteiger partial charge in [0.25, 0.3) is 0 Å². The second kappa shape index (κ2) is 7.41. The number of nitrogens with zero attached hydrogens (tertiary/aromatic N) is 2. The predicted octanol–water partition coefficient (Wildman–Crippen LogP) is 3.80. The third kappa shape index (κ3) is 3.73. The van der Waals surface area contributed by atoms with E-state index in [0.29, 0.717) is 6.04 Å². The van der Waals surface area contributed by atoms with Gasteiger partial charge in [-0.3, -0.25) is 0 Å². The first-order valence-electron chi connectivity index (χ1n) is 7.96. The van der Waals surface area contributed by atoms with Crippen molar-refractivity contribution < 1.29 is 0 Å². The van der Waals surface area contributed by atoms with E-state index < -0.39 is 0 Å². The van der Waals surface area contributed by atoms with Crippen LogP contribution in [0.3, 0.4) is 0 Å². The highest BCUT2D eigenvalue weighted by Gasteiger charge is 2.17. The Morgan fingerprint density at radius 2 is 2.05 bits per heavy atom. The van der Waals surface area contributed by atoms with Crippen LogP contribution in [0.5, 0.6) is 0 Å². The lowest BCUT2D eigenvalue weighted by atomic mass is 9.95. The molecule has 0 fully saturated rings. The maximum absolute atomic E-state index is 4.54. The van der Waals surface area contributed by atoms with Crippen molar-refractivity contribution in [2.75, 3.05) is 6.54 Å². The van der Waals surface area contributed by atoms with Crippen LogP contribution in [0.1, 0.15) is 48.8 Å². The van der Waals surface area contributed by atoms with Crippen LogP contribution in [0.25, 0.3) is 0 Å². The summed E-state index contributed by atoms with van der Waals surface area (Å²) in [5, 5.41) is 3.69. The van der Waals surface area contributed by atoms with Crippen LogP contribution in [-0.4, -0.2) is 16.1 Å².